The second kappa shape index (κ2) is 3.89. The van der Waals surface area contributed by atoms with Crippen LogP contribution in [0.25, 0.3) is 0 Å². The van der Waals surface area contributed by atoms with Crippen LogP contribution < -0.4 is 5.06 Å². The molecule has 0 amide bonds. The zero-order valence-corrected chi connectivity index (χ0v) is 7.85. The van der Waals surface area contributed by atoms with E-state index in [1.807, 2.05) is 0 Å². The van der Waals surface area contributed by atoms with E-state index < -0.39 is 0 Å². The summed E-state index contributed by atoms with van der Waals surface area (Å²) in [5.74, 6) is 0.0159. The number of carbonyl (C=O) groups excluding carboxylic acids is 1. The maximum Gasteiger partial charge on any atom is 0.232 e. The van der Waals surface area contributed by atoms with Crippen LogP contribution in [0.4, 0.5) is 0 Å². The van der Waals surface area contributed by atoms with Crippen molar-refractivity contribution in [1.82, 2.24) is 9.55 Å². The molecular weight excluding hydrogens is 182 g/mol. The van der Waals surface area contributed by atoms with E-state index in [2.05, 4.69) is 4.98 Å². The summed E-state index contributed by atoms with van der Waals surface area (Å²) in [4.78, 5) is 15.3. The van der Waals surface area contributed by atoms with Gasteiger partial charge in [0.25, 0.3) is 0 Å². The fraction of sp³-hybridized carbons (Fsp3) is 0.556. The summed E-state index contributed by atoms with van der Waals surface area (Å²) in [6.45, 7) is 0.698. The van der Waals surface area contributed by atoms with Crippen molar-refractivity contribution in [1.29, 1.82) is 0 Å². The van der Waals surface area contributed by atoms with Gasteiger partial charge in [-0.15, -0.1) is 0 Å². The SMILES string of the molecule is O=C(CCC1CC[NH+]1[O-])n1ccnc1. The Balaban J connectivity index is 1.78. The monoisotopic (exact) mass is 195 g/mol. The number of nitrogens with zero attached hydrogens (tertiary/aromatic N) is 2. The molecule has 0 radical (unpaired) electrons. The average molecular weight is 195 g/mol. The van der Waals surface area contributed by atoms with Gasteiger partial charge in [-0.2, -0.15) is 0 Å². The lowest BCUT2D eigenvalue weighted by molar-refractivity contribution is -0.920. The first-order valence-electron chi connectivity index (χ1n) is 4.81. The van der Waals surface area contributed by atoms with E-state index >= 15 is 0 Å². The summed E-state index contributed by atoms with van der Waals surface area (Å²) in [7, 11) is 0. The highest BCUT2D eigenvalue weighted by atomic mass is 16.5. The van der Waals surface area contributed by atoms with Crippen molar-refractivity contribution in [2.24, 2.45) is 0 Å². The van der Waals surface area contributed by atoms with Crippen molar-refractivity contribution in [2.45, 2.75) is 25.3 Å². The van der Waals surface area contributed by atoms with Crippen LogP contribution in [0.1, 0.15) is 24.1 Å². The summed E-state index contributed by atoms with van der Waals surface area (Å²) >= 11 is 0. The molecule has 2 atom stereocenters. The third kappa shape index (κ3) is 1.83. The molecule has 1 aliphatic rings. The number of hydrogen-bond donors (Lipinski definition) is 1. The quantitative estimate of drug-likeness (QED) is 0.659. The van der Waals surface area contributed by atoms with Crippen LogP contribution in [0.5, 0.6) is 0 Å². The minimum Gasteiger partial charge on any atom is -0.634 e. The number of imidazole rings is 1. The Labute approximate surface area is 81.9 Å². The second-order valence-electron chi connectivity index (χ2n) is 3.60. The van der Waals surface area contributed by atoms with Crippen LogP contribution in [0.3, 0.4) is 0 Å². The van der Waals surface area contributed by atoms with Gasteiger partial charge in [0.05, 0.1) is 12.6 Å². The number of carbonyl (C=O) groups is 1. The number of hydroxylamine groups is 2. The van der Waals surface area contributed by atoms with Gasteiger partial charge in [0.15, 0.2) is 0 Å². The first-order chi connectivity index (χ1) is 6.77. The van der Waals surface area contributed by atoms with Crippen LogP contribution in [-0.4, -0.2) is 28.0 Å². The molecule has 0 aliphatic carbocycles. The van der Waals surface area contributed by atoms with E-state index in [1.165, 1.54) is 10.9 Å². The van der Waals surface area contributed by atoms with Gasteiger partial charge in [-0.05, 0) is 0 Å². The predicted molar refractivity (Wildman–Crippen MR) is 49.7 cm³/mol. The van der Waals surface area contributed by atoms with Crippen LogP contribution in [0.15, 0.2) is 18.7 Å². The Morgan fingerprint density at radius 3 is 3.07 bits per heavy atom. The normalized spacial score (nSPS) is 25.8. The summed E-state index contributed by atoms with van der Waals surface area (Å²) in [6, 6.07) is 0.141. The van der Waals surface area contributed by atoms with Gasteiger partial charge in [0, 0.05) is 31.7 Å². The van der Waals surface area contributed by atoms with Gasteiger partial charge < -0.3 is 10.3 Å². The molecule has 0 saturated carbocycles. The highest BCUT2D eigenvalue weighted by Crippen LogP contribution is 2.05. The number of aromatic nitrogens is 2. The van der Waals surface area contributed by atoms with E-state index in [9.17, 15) is 10.0 Å². The molecule has 2 heterocycles. The molecule has 76 valence electrons. The summed E-state index contributed by atoms with van der Waals surface area (Å²) in [5, 5.41) is 11.3. The lowest BCUT2D eigenvalue weighted by atomic mass is 10.0. The Bertz CT molecular complexity index is 310. The Morgan fingerprint density at radius 2 is 2.57 bits per heavy atom. The van der Waals surface area contributed by atoms with Crippen LogP contribution in [0.2, 0.25) is 0 Å². The summed E-state index contributed by atoms with van der Waals surface area (Å²) in [5.41, 5.74) is 0. The Morgan fingerprint density at radius 1 is 1.71 bits per heavy atom. The van der Waals surface area contributed by atoms with Gasteiger partial charge in [0.2, 0.25) is 5.91 Å². The molecule has 1 aromatic heterocycles. The molecule has 14 heavy (non-hydrogen) atoms. The van der Waals surface area contributed by atoms with Crippen LogP contribution >= 0.6 is 0 Å². The minimum absolute atomic E-state index is 0.0159. The topological polar surface area (TPSA) is 62.4 Å². The summed E-state index contributed by atoms with van der Waals surface area (Å²) in [6.07, 6.45) is 6.78. The lowest BCUT2D eigenvalue weighted by Crippen LogP contribution is -3.17. The third-order valence-electron chi connectivity index (χ3n) is 2.69. The molecule has 5 nitrogen and oxygen atoms in total. The molecule has 5 heteroatoms. The first-order valence-corrected chi connectivity index (χ1v) is 4.81. The highest BCUT2D eigenvalue weighted by molar-refractivity contribution is 5.78. The van der Waals surface area contributed by atoms with Crippen molar-refractivity contribution in [3.05, 3.63) is 23.9 Å². The molecular formula is C9H13N3O2. The van der Waals surface area contributed by atoms with Gasteiger partial charge in [-0.3, -0.25) is 9.36 Å². The maximum atomic E-state index is 11.5. The van der Waals surface area contributed by atoms with Crippen molar-refractivity contribution in [3.8, 4) is 0 Å². The molecule has 0 bridgehead atoms. The molecule has 0 spiro atoms. The molecule has 0 aromatic carbocycles. The number of hydrogen-bond acceptors (Lipinski definition) is 3. The van der Waals surface area contributed by atoms with Gasteiger partial charge in [-0.1, -0.05) is 0 Å². The minimum atomic E-state index is 0.0159. The largest absolute Gasteiger partial charge is 0.634 e. The van der Waals surface area contributed by atoms with Gasteiger partial charge in [-0.25, -0.2) is 4.98 Å². The standard InChI is InChI=1S/C9H13N3O2/c13-9(11-6-4-10-7-11)2-1-8-3-5-12(8)14/h4,6-8,12H,1-3,5H2. The molecule has 1 aliphatic heterocycles. The molecule has 2 rings (SSSR count). The Kier molecular flexibility index (Phi) is 2.60. The van der Waals surface area contributed by atoms with E-state index in [1.54, 1.807) is 12.4 Å². The van der Waals surface area contributed by atoms with E-state index in [0.717, 1.165) is 6.42 Å². The average Bonchev–Trinajstić information content (AvgIpc) is 2.68. The Hall–Kier alpha value is -1.20. The van der Waals surface area contributed by atoms with Gasteiger partial charge >= 0.3 is 0 Å². The number of rotatable bonds is 3. The fourth-order valence-electron chi connectivity index (χ4n) is 1.61. The maximum absolute atomic E-state index is 11.5. The molecule has 1 aromatic rings. The van der Waals surface area contributed by atoms with Crippen molar-refractivity contribution >= 4 is 5.91 Å². The predicted octanol–water partition coefficient (Wildman–Crippen LogP) is -0.541. The highest BCUT2D eigenvalue weighted by Gasteiger charge is 2.26. The molecule has 2 unspecified atom stereocenters. The number of quaternary nitrogens is 1. The van der Waals surface area contributed by atoms with Crippen LogP contribution in [-0.2, 0) is 0 Å². The molecule has 1 N–H and O–H groups in total. The first kappa shape index (κ1) is 9.36. The van der Waals surface area contributed by atoms with Gasteiger partial charge in [0.1, 0.15) is 6.33 Å². The van der Waals surface area contributed by atoms with Crippen molar-refractivity contribution in [3.63, 3.8) is 0 Å². The fourth-order valence-corrected chi connectivity index (χ4v) is 1.61. The number of nitrogens with one attached hydrogen (secondary N) is 1. The van der Waals surface area contributed by atoms with Crippen molar-refractivity contribution < 1.29 is 9.86 Å². The molecule has 1 fully saturated rings. The zero-order valence-electron chi connectivity index (χ0n) is 7.85. The van der Waals surface area contributed by atoms with Crippen molar-refractivity contribution in [2.75, 3.05) is 6.54 Å². The van der Waals surface area contributed by atoms with E-state index in [4.69, 9.17) is 0 Å². The third-order valence-corrected chi connectivity index (χ3v) is 2.69. The lowest BCUT2D eigenvalue weighted by Gasteiger charge is -2.40. The second-order valence-corrected chi connectivity index (χ2v) is 3.60. The molecule has 1 saturated heterocycles. The van der Waals surface area contributed by atoms with Crippen LogP contribution in [0, 0.1) is 5.21 Å². The van der Waals surface area contributed by atoms with E-state index in [-0.39, 0.29) is 11.9 Å². The van der Waals surface area contributed by atoms with E-state index in [0.29, 0.717) is 24.4 Å². The zero-order chi connectivity index (χ0) is 9.97. The smallest absolute Gasteiger partial charge is 0.232 e. The summed E-state index contributed by atoms with van der Waals surface area (Å²) < 4.78 is 1.46.